The molecule has 1 aliphatic rings. The number of nitrogens with one attached hydrogen (secondary N) is 1. The molecule has 1 aliphatic heterocycles. The minimum absolute atomic E-state index is 0.575. The number of hydrogen-bond donors (Lipinski definition) is 1. The molecule has 0 aromatic heterocycles. The average molecular weight is 253 g/mol. The van der Waals surface area contributed by atoms with E-state index in [0.29, 0.717) is 12.1 Å². The normalized spacial score (nSPS) is 26.1. The molecule has 0 saturated carbocycles. The van der Waals surface area contributed by atoms with Gasteiger partial charge in [-0.05, 0) is 44.0 Å². The molecular weight excluding hydrogens is 232 g/mol. The summed E-state index contributed by atoms with van der Waals surface area (Å²) < 4.78 is 0. The van der Waals surface area contributed by atoms with Crippen molar-refractivity contribution < 1.29 is 0 Å². The molecule has 0 aliphatic carbocycles. The molecule has 0 bridgehead atoms. The van der Waals surface area contributed by atoms with E-state index in [4.69, 9.17) is 11.6 Å². The van der Waals surface area contributed by atoms with Gasteiger partial charge in [0.25, 0.3) is 0 Å². The van der Waals surface area contributed by atoms with Gasteiger partial charge in [0, 0.05) is 36.7 Å². The Morgan fingerprint density at radius 1 is 1.29 bits per heavy atom. The standard InChI is InChI=1S/C14H21ClN2/c1-10-6-14(15)5-4-13(10)9-17-7-11(2)16-12(3)8-17/h4-6,11-12,16H,7-9H2,1-3H3. The van der Waals surface area contributed by atoms with Gasteiger partial charge in [-0.1, -0.05) is 17.7 Å². The summed E-state index contributed by atoms with van der Waals surface area (Å²) in [5.74, 6) is 0. The van der Waals surface area contributed by atoms with Crippen molar-refractivity contribution in [1.82, 2.24) is 10.2 Å². The fourth-order valence-corrected chi connectivity index (χ4v) is 2.87. The van der Waals surface area contributed by atoms with Gasteiger partial charge in [0.15, 0.2) is 0 Å². The molecule has 2 rings (SSSR count). The van der Waals surface area contributed by atoms with Crippen molar-refractivity contribution in [2.45, 2.75) is 39.4 Å². The van der Waals surface area contributed by atoms with Crippen LogP contribution in [0.3, 0.4) is 0 Å². The van der Waals surface area contributed by atoms with E-state index in [1.165, 1.54) is 11.1 Å². The maximum atomic E-state index is 5.98. The maximum absolute atomic E-state index is 5.98. The molecule has 1 N–H and O–H groups in total. The summed E-state index contributed by atoms with van der Waals surface area (Å²) in [5.41, 5.74) is 2.67. The third-order valence-electron chi connectivity index (χ3n) is 3.33. The van der Waals surface area contributed by atoms with Crippen LogP contribution in [0.2, 0.25) is 5.02 Å². The van der Waals surface area contributed by atoms with E-state index in [0.717, 1.165) is 24.7 Å². The van der Waals surface area contributed by atoms with Crippen LogP contribution in [-0.4, -0.2) is 30.1 Å². The van der Waals surface area contributed by atoms with Gasteiger partial charge in [-0.3, -0.25) is 4.90 Å². The van der Waals surface area contributed by atoms with E-state index in [9.17, 15) is 0 Å². The van der Waals surface area contributed by atoms with E-state index in [2.05, 4.69) is 37.1 Å². The first-order valence-electron chi connectivity index (χ1n) is 6.28. The third kappa shape index (κ3) is 3.44. The van der Waals surface area contributed by atoms with Gasteiger partial charge in [0.2, 0.25) is 0 Å². The molecule has 0 spiro atoms. The van der Waals surface area contributed by atoms with Gasteiger partial charge in [0.1, 0.15) is 0 Å². The fraction of sp³-hybridized carbons (Fsp3) is 0.571. The number of halogens is 1. The Kier molecular flexibility index (Phi) is 4.08. The lowest BCUT2D eigenvalue weighted by Gasteiger charge is -2.36. The molecule has 1 aromatic rings. The van der Waals surface area contributed by atoms with E-state index in [1.807, 2.05) is 12.1 Å². The van der Waals surface area contributed by atoms with Crippen LogP contribution in [-0.2, 0) is 6.54 Å². The molecule has 2 atom stereocenters. The Balaban J connectivity index is 2.04. The summed E-state index contributed by atoms with van der Waals surface area (Å²) in [5, 5.41) is 4.38. The van der Waals surface area contributed by atoms with E-state index in [1.54, 1.807) is 0 Å². The SMILES string of the molecule is Cc1cc(Cl)ccc1CN1CC(C)NC(C)C1. The lowest BCUT2D eigenvalue weighted by molar-refractivity contribution is 0.166. The number of benzene rings is 1. The van der Waals surface area contributed by atoms with Gasteiger partial charge in [-0.25, -0.2) is 0 Å². The van der Waals surface area contributed by atoms with Crippen molar-refractivity contribution >= 4 is 11.6 Å². The van der Waals surface area contributed by atoms with Crippen molar-refractivity contribution in [3.63, 3.8) is 0 Å². The van der Waals surface area contributed by atoms with Crippen molar-refractivity contribution in [2.75, 3.05) is 13.1 Å². The largest absolute Gasteiger partial charge is 0.309 e. The third-order valence-corrected chi connectivity index (χ3v) is 3.57. The quantitative estimate of drug-likeness (QED) is 0.871. The second-order valence-corrected chi connectivity index (χ2v) is 5.67. The van der Waals surface area contributed by atoms with Crippen molar-refractivity contribution in [1.29, 1.82) is 0 Å². The highest BCUT2D eigenvalue weighted by molar-refractivity contribution is 6.30. The van der Waals surface area contributed by atoms with Crippen LogP contribution in [0.25, 0.3) is 0 Å². The Morgan fingerprint density at radius 2 is 1.94 bits per heavy atom. The minimum Gasteiger partial charge on any atom is -0.309 e. The lowest BCUT2D eigenvalue weighted by atomic mass is 10.1. The van der Waals surface area contributed by atoms with Gasteiger partial charge in [-0.2, -0.15) is 0 Å². The van der Waals surface area contributed by atoms with Crippen molar-refractivity contribution in [3.05, 3.63) is 34.3 Å². The zero-order valence-electron chi connectivity index (χ0n) is 10.8. The zero-order valence-corrected chi connectivity index (χ0v) is 11.6. The summed E-state index contributed by atoms with van der Waals surface area (Å²) in [6, 6.07) is 7.33. The minimum atomic E-state index is 0.575. The molecular formula is C14H21ClN2. The van der Waals surface area contributed by atoms with Crippen LogP contribution in [0.15, 0.2) is 18.2 Å². The van der Waals surface area contributed by atoms with Crippen LogP contribution in [0.4, 0.5) is 0 Å². The first-order valence-corrected chi connectivity index (χ1v) is 6.66. The second-order valence-electron chi connectivity index (χ2n) is 5.23. The Morgan fingerprint density at radius 3 is 2.53 bits per heavy atom. The fourth-order valence-electron chi connectivity index (χ4n) is 2.65. The molecule has 1 heterocycles. The molecule has 2 unspecified atom stereocenters. The van der Waals surface area contributed by atoms with Crippen molar-refractivity contribution in [3.8, 4) is 0 Å². The van der Waals surface area contributed by atoms with Crippen molar-refractivity contribution in [2.24, 2.45) is 0 Å². The second kappa shape index (κ2) is 5.38. The van der Waals surface area contributed by atoms with Crippen LogP contribution < -0.4 is 5.32 Å². The highest BCUT2D eigenvalue weighted by Crippen LogP contribution is 2.18. The molecule has 0 amide bonds. The molecule has 1 fully saturated rings. The predicted octanol–water partition coefficient (Wildman–Crippen LogP) is 2.83. The monoisotopic (exact) mass is 252 g/mol. The number of rotatable bonds is 2. The van der Waals surface area contributed by atoms with Crippen LogP contribution in [0, 0.1) is 6.92 Å². The first kappa shape index (κ1) is 12.9. The number of hydrogen-bond acceptors (Lipinski definition) is 2. The van der Waals surface area contributed by atoms with Gasteiger partial charge < -0.3 is 5.32 Å². The first-order chi connectivity index (χ1) is 8.04. The van der Waals surface area contributed by atoms with Gasteiger partial charge in [0.05, 0.1) is 0 Å². The molecule has 94 valence electrons. The summed E-state index contributed by atoms with van der Waals surface area (Å²) >= 11 is 5.98. The lowest BCUT2D eigenvalue weighted by Crippen LogP contribution is -2.53. The average Bonchev–Trinajstić information content (AvgIpc) is 2.21. The number of aryl methyl sites for hydroxylation is 1. The van der Waals surface area contributed by atoms with E-state index in [-0.39, 0.29) is 0 Å². The van der Waals surface area contributed by atoms with E-state index >= 15 is 0 Å². The zero-order chi connectivity index (χ0) is 12.4. The summed E-state index contributed by atoms with van der Waals surface area (Å²) in [4.78, 5) is 2.52. The number of piperazine rings is 1. The Labute approximate surface area is 109 Å². The van der Waals surface area contributed by atoms with Gasteiger partial charge in [-0.15, -0.1) is 0 Å². The van der Waals surface area contributed by atoms with E-state index < -0.39 is 0 Å². The summed E-state index contributed by atoms with van der Waals surface area (Å²) in [7, 11) is 0. The molecule has 17 heavy (non-hydrogen) atoms. The highest BCUT2D eigenvalue weighted by Gasteiger charge is 2.20. The molecule has 2 nitrogen and oxygen atoms in total. The van der Waals surface area contributed by atoms with Crippen LogP contribution in [0.5, 0.6) is 0 Å². The smallest absolute Gasteiger partial charge is 0.0408 e. The maximum Gasteiger partial charge on any atom is 0.0408 e. The highest BCUT2D eigenvalue weighted by atomic mass is 35.5. The van der Waals surface area contributed by atoms with Gasteiger partial charge >= 0.3 is 0 Å². The topological polar surface area (TPSA) is 15.3 Å². The molecule has 1 saturated heterocycles. The number of nitrogens with zero attached hydrogens (tertiary/aromatic N) is 1. The summed E-state index contributed by atoms with van der Waals surface area (Å²) in [6.45, 7) is 9.89. The molecule has 0 radical (unpaired) electrons. The molecule has 1 aromatic carbocycles. The van der Waals surface area contributed by atoms with Crippen LogP contribution in [0.1, 0.15) is 25.0 Å². The van der Waals surface area contributed by atoms with Crippen LogP contribution >= 0.6 is 11.6 Å². The predicted molar refractivity (Wildman–Crippen MR) is 73.5 cm³/mol. The molecule has 3 heteroatoms. The Hall–Kier alpha value is -0.570. The summed E-state index contributed by atoms with van der Waals surface area (Å²) in [6.07, 6.45) is 0. The Bertz CT molecular complexity index is 382.